The summed E-state index contributed by atoms with van der Waals surface area (Å²) < 4.78 is 0. The highest BCUT2D eigenvalue weighted by Gasteiger charge is 2.61. The van der Waals surface area contributed by atoms with Crippen LogP contribution >= 0.6 is 15.9 Å². The Morgan fingerprint density at radius 3 is 2.88 bits per heavy atom. The fraction of sp³-hybridized carbons (Fsp3) is 0.667. The van der Waals surface area contributed by atoms with Gasteiger partial charge in [0, 0.05) is 12.0 Å². The van der Waals surface area contributed by atoms with Crippen LogP contribution in [0.1, 0.15) is 56.1 Å². The molecule has 5 heteroatoms. The zero-order chi connectivity index (χ0) is 18.5. The minimum absolute atomic E-state index is 0.0643. The Morgan fingerprint density at radius 1 is 1.31 bits per heavy atom. The number of alkyl halides is 1. The van der Waals surface area contributed by atoms with Gasteiger partial charge >= 0.3 is 0 Å². The number of aryl methyl sites for hydroxylation is 1. The summed E-state index contributed by atoms with van der Waals surface area (Å²) in [5, 5.41) is 24.4. The standard InChI is InChI=1S/C21H28BrNO3/c1-20-8-6-16-15-5-3-14(24)10-13(15)2-4-17(16)18(20)7-9-21(20,26)12-23-19(25)11-22/h3,5,10,16-18,24,26H,2,4,6-9,11-12H2,1H3,(H,23,25)/t16-,17-,18+,20+,21-/m1/s1. The number of hydrogen-bond donors (Lipinski definition) is 3. The van der Waals surface area contributed by atoms with Crippen LogP contribution in [-0.2, 0) is 11.2 Å². The van der Waals surface area contributed by atoms with Crippen LogP contribution in [0.25, 0.3) is 0 Å². The summed E-state index contributed by atoms with van der Waals surface area (Å²) in [4.78, 5) is 11.7. The van der Waals surface area contributed by atoms with Gasteiger partial charge in [0.05, 0.1) is 10.9 Å². The second-order valence-corrected chi connectivity index (χ2v) is 9.30. The van der Waals surface area contributed by atoms with E-state index in [9.17, 15) is 15.0 Å². The van der Waals surface area contributed by atoms with Gasteiger partial charge in [-0.25, -0.2) is 0 Å². The molecule has 0 spiro atoms. The lowest BCUT2D eigenvalue weighted by atomic mass is 9.53. The van der Waals surface area contributed by atoms with Crippen molar-refractivity contribution in [3.05, 3.63) is 29.3 Å². The molecule has 2 saturated carbocycles. The molecule has 1 amide bonds. The first-order valence-electron chi connectivity index (χ1n) is 9.75. The largest absolute Gasteiger partial charge is 0.508 e. The quantitative estimate of drug-likeness (QED) is 0.654. The van der Waals surface area contributed by atoms with Gasteiger partial charge in [0.15, 0.2) is 0 Å². The first-order valence-corrected chi connectivity index (χ1v) is 10.9. The van der Waals surface area contributed by atoms with Gasteiger partial charge in [-0.3, -0.25) is 4.79 Å². The number of amides is 1. The van der Waals surface area contributed by atoms with Gasteiger partial charge < -0.3 is 15.5 Å². The second-order valence-electron chi connectivity index (χ2n) is 8.74. The van der Waals surface area contributed by atoms with E-state index >= 15 is 0 Å². The lowest BCUT2D eigenvalue weighted by molar-refractivity contribution is -0.125. The van der Waals surface area contributed by atoms with Gasteiger partial charge in [0.2, 0.25) is 5.91 Å². The van der Waals surface area contributed by atoms with Crippen molar-refractivity contribution in [3.63, 3.8) is 0 Å². The number of carbonyl (C=O) groups is 1. The molecule has 4 rings (SSSR count). The molecular formula is C21H28BrNO3. The third-order valence-electron chi connectivity index (χ3n) is 7.73. The van der Waals surface area contributed by atoms with Crippen molar-refractivity contribution in [1.82, 2.24) is 5.32 Å². The van der Waals surface area contributed by atoms with Crippen molar-refractivity contribution in [3.8, 4) is 5.75 Å². The monoisotopic (exact) mass is 421 g/mol. The topological polar surface area (TPSA) is 69.6 Å². The van der Waals surface area contributed by atoms with Crippen LogP contribution < -0.4 is 5.32 Å². The van der Waals surface area contributed by atoms with Gasteiger partial charge in [-0.05, 0) is 79.5 Å². The van der Waals surface area contributed by atoms with Crippen LogP contribution in [0, 0.1) is 17.3 Å². The van der Waals surface area contributed by atoms with Crippen molar-refractivity contribution in [2.24, 2.45) is 17.3 Å². The molecule has 2 fully saturated rings. The average molecular weight is 422 g/mol. The van der Waals surface area contributed by atoms with Crippen molar-refractivity contribution in [2.75, 3.05) is 11.9 Å². The SMILES string of the molecule is C[C@]12CC[C@@H]3c4ccc(O)cc4CC[C@H]3[C@@H]1CC[C@@]2(O)CNC(=O)CBr. The predicted molar refractivity (Wildman–Crippen MR) is 104 cm³/mol. The van der Waals surface area contributed by atoms with E-state index in [-0.39, 0.29) is 16.7 Å². The number of halogens is 1. The molecule has 0 saturated heterocycles. The number of aliphatic hydroxyl groups is 1. The first-order chi connectivity index (χ1) is 12.4. The summed E-state index contributed by atoms with van der Waals surface area (Å²) in [6, 6.07) is 5.86. The highest BCUT2D eigenvalue weighted by atomic mass is 79.9. The van der Waals surface area contributed by atoms with E-state index in [1.54, 1.807) is 0 Å². The summed E-state index contributed by atoms with van der Waals surface area (Å²) in [6.07, 6.45) is 6.00. The molecule has 0 radical (unpaired) electrons. The van der Waals surface area contributed by atoms with Crippen LogP contribution in [0.4, 0.5) is 0 Å². The lowest BCUT2D eigenvalue weighted by Crippen LogP contribution is -2.56. The Labute approximate surface area is 163 Å². The molecule has 0 aliphatic heterocycles. The van der Waals surface area contributed by atoms with E-state index in [0.717, 1.165) is 38.5 Å². The number of benzene rings is 1. The van der Waals surface area contributed by atoms with E-state index < -0.39 is 5.60 Å². The molecule has 0 aromatic heterocycles. The third-order valence-corrected chi connectivity index (χ3v) is 8.24. The summed E-state index contributed by atoms with van der Waals surface area (Å²) in [5.41, 5.74) is 1.76. The molecule has 5 atom stereocenters. The first kappa shape index (κ1) is 18.3. The molecule has 142 valence electrons. The van der Waals surface area contributed by atoms with E-state index in [2.05, 4.69) is 34.2 Å². The predicted octanol–water partition coefficient (Wildman–Crippen LogP) is 3.49. The zero-order valence-corrected chi connectivity index (χ0v) is 16.9. The Morgan fingerprint density at radius 2 is 2.12 bits per heavy atom. The Kier molecular flexibility index (Phi) is 4.59. The molecular weight excluding hydrogens is 394 g/mol. The molecule has 0 heterocycles. The van der Waals surface area contributed by atoms with Gasteiger partial charge in [0.25, 0.3) is 0 Å². The molecule has 3 aliphatic carbocycles. The number of nitrogens with one attached hydrogen (secondary N) is 1. The minimum Gasteiger partial charge on any atom is -0.508 e. The van der Waals surface area contributed by atoms with Gasteiger partial charge in [0.1, 0.15) is 5.75 Å². The van der Waals surface area contributed by atoms with Crippen LogP contribution in [0.5, 0.6) is 5.75 Å². The number of phenolic OH excluding ortho intramolecular Hbond substituents is 1. The van der Waals surface area contributed by atoms with Crippen molar-refractivity contribution >= 4 is 21.8 Å². The van der Waals surface area contributed by atoms with Crippen molar-refractivity contribution in [2.45, 2.75) is 57.0 Å². The van der Waals surface area contributed by atoms with Crippen LogP contribution in [0.3, 0.4) is 0 Å². The van der Waals surface area contributed by atoms with Gasteiger partial charge in [-0.2, -0.15) is 0 Å². The maximum Gasteiger partial charge on any atom is 0.230 e. The van der Waals surface area contributed by atoms with Crippen LogP contribution in [0.15, 0.2) is 18.2 Å². The smallest absolute Gasteiger partial charge is 0.230 e. The maximum atomic E-state index is 11.7. The average Bonchev–Trinajstić information content (AvgIpc) is 2.91. The number of aromatic hydroxyl groups is 1. The molecule has 26 heavy (non-hydrogen) atoms. The van der Waals surface area contributed by atoms with Gasteiger partial charge in [-0.15, -0.1) is 0 Å². The Hall–Kier alpha value is -1.07. The van der Waals surface area contributed by atoms with Crippen LogP contribution in [-0.4, -0.2) is 33.6 Å². The Balaban J connectivity index is 1.58. The van der Waals surface area contributed by atoms with E-state index in [1.165, 1.54) is 11.1 Å². The fourth-order valence-electron chi connectivity index (χ4n) is 6.26. The normalized spacial score (nSPS) is 38.2. The number of phenols is 1. The summed E-state index contributed by atoms with van der Waals surface area (Å²) in [6.45, 7) is 2.60. The second kappa shape index (κ2) is 6.52. The van der Waals surface area contributed by atoms with Crippen molar-refractivity contribution in [1.29, 1.82) is 0 Å². The van der Waals surface area contributed by atoms with E-state index in [4.69, 9.17) is 0 Å². The van der Waals surface area contributed by atoms with E-state index in [1.807, 2.05) is 12.1 Å². The number of fused-ring (bicyclic) bond motifs is 5. The summed E-state index contributed by atoms with van der Waals surface area (Å²) in [7, 11) is 0. The molecule has 0 bridgehead atoms. The molecule has 1 aromatic rings. The lowest BCUT2D eigenvalue weighted by Gasteiger charge is -2.53. The molecule has 3 aliphatic rings. The number of rotatable bonds is 3. The fourth-order valence-corrected chi connectivity index (χ4v) is 6.46. The molecule has 0 unspecified atom stereocenters. The van der Waals surface area contributed by atoms with Gasteiger partial charge in [-0.1, -0.05) is 28.9 Å². The van der Waals surface area contributed by atoms with E-state index in [0.29, 0.717) is 30.0 Å². The minimum atomic E-state index is -0.810. The zero-order valence-electron chi connectivity index (χ0n) is 15.3. The molecule has 4 nitrogen and oxygen atoms in total. The highest BCUT2D eigenvalue weighted by Crippen LogP contribution is 2.64. The molecule has 3 N–H and O–H groups in total. The summed E-state index contributed by atoms with van der Waals surface area (Å²) >= 11 is 3.18. The van der Waals surface area contributed by atoms with Crippen molar-refractivity contribution < 1.29 is 15.0 Å². The third kappa shape index (κ3) is 2.70. The van der Waals surface area contributed by atoms with Crippen LogP contribution in [0.2, 0.25) is 0 Å². The molecule has 1 aromatic carbocycles. The Bertz CT molecular complexity index is 723. The maximum absolute atomic E-state index is 11.7. The summed E-state index contributed by atoms with van der Waals surface area (Å²) in [5.74, 6) is 1.92. The number of hydrogen-bond acceptors (Lipinski definition) is 3. The highest BCUT2D eigenvalue weighted by molar-refractivity contribution is 9.09. The number of carbonyl (C=O) groups excluding carboxylic acids is 1.